The number of aromatic nitrogens is 1. The zero-order chi connectivity index (χ0) is 15.5. The first-order valence-electron chi connectivity index (χ1n) is 6.34. The van der Waals surface area contributed by atoms with Crippen LogP contribution in [0.15, 0.2) is 12.3 Å². The monoisotopic (exact) mass is 283 g/mol. The van der Waals surface area contributed by atoms with Crippen LogP contribution in [0.25, 0.3) is 0 Å². The van der Waals surface area contributed by atoms with Gasteiger partial charge >= 0.3 is 12.1 Å². The number of esters is 1. The summed E-state index contributed by atoms with van der Waals surface area (Å²) in [4.78, 5) is 23.8. The fourth-order valence-electron chi connectivity index (χ4n) is 1.58. The number of carbonyl (C=O) groups is 2. The van der Waals surface area contributed by atoms with E-state index in [-0.39, 0.29) is 18.2 Å². The molecule has 1 rings (SSSR count). The third-order valence-corrected chi connectivity index (χ3v) is 2.67. The second-order valence-electron chi connectivity index (χ2n) is 5.58. The highest BCUT2D eigenvalue weighted by Crippen LogP contribution is 2.20. The van der Waals surface area contributed by atoms with E-state index in [1.54, 1.807) is 27.7 Å². The number of aliphatic hydroxyl groups excluding tert-OH is 1. The molecule has 1 aromatic rings. The van der Waals surface area contributed by atoms with Crippen LogP contribution in [-0.2, 0) is 9.47 Å². The SMILES string of the molecule is COC(=O)c1cc(C(C)CO)cn1C(=O)OC(C)(C)C. The lowest BCUT2D eigenvalue weighted by Gasteiger charge is -2.20. The molecule has 0 aliphatic rings. The lowest BCUT2D eigenvalue weighted by molar-refractivity contribution is 0.0483. The smallest absolute Gasteiger partial charge is 0.419 e. The van der Waals surface area contributed by atoms with Crippen LogP contribution < -0.4 is 0 Å². The van der Waals surface area contributed by atoms with Crippen LogP contribution >= 0.6 is 0 Å². The lowest BCUT2D eigenvalue weighted by Crippen LogP contribution is -2.28. The molecule has 0 fully saturated rings. The van der Waals surface area contributed by atoms with E-state index in [4.69, 9.17) is 9.84 Å². The van der Waals surface area contributed by atoms with Gasteiger partial charge in [-0.1, -0.05) is 6.92 Å². The maximum absolute atomic E-state index is 12.1. The van der Waals surface area contributed by atoms with Gasteiger partial charge in [0, 0.05) is 18.7 Å². The molecule has 0 saturated carbocycles. The summed E-state index contributed by atoms with van der Waals surface area (Å²) in [6.45, 7) is 6.92. The molecule has 0 bridgehead atoms. The van der Waals surface area contributed by atoms with E-state index in [1.807, 2.05) is 0 Å². The minimum atomic E-state index is -0.669. The molecule has 1 unspecified atom stereocenters. The highest BCUT2D eigenvalue weighted by molar-refractivity contribution is 5.92. The van der Waals surface area contributed by atoms with Crippen LogP contribution in [0.4, 0.5) is 4.79 Å². The summed E-state index contributed by atoms with van der Waals surface area (Å²) in [7, 11) is 1.24. The van der Waals surface area contributed by atoms with E-state index in [2.05, 4.69) is 4.74 Å². The van der Waals surface area contributed by atoms with Crippen molar-refractivity contribution in [3.05, 3.63) is 23.5 Å². The number of ether oxygens (including phenoxy) is 2. The Bertz CT molecular complexity index is 498. The molecule has 6 nitrogen and oxygen atoms in total. The largest absolute Gasteiger partial charge is 0.464 e. The summed E-state index contributed by atoms with van der Waals surface area (Å²) in [6, 6.07) is 1.52. The van der Waals surface area contributed by atoms with Gasteiger partial charge in [0.2, 0.25) is 0 Å². The van der Waals surface area contributed by atoms with Crippen molar-refractivity contribution in [3.63, 3.8) is 0 Å². The molecule has 0 amide bonds. The van der Waals surface area contributed by atoms with Crippen LogP contribution in [0.3, 0.4) is 0 Å². The first kappa shape index (κ1) is 16.2. The second-order valence-corrected chi connectivity index (χ2v) is 5.58. The molecule has 0 aromatic carbocycles. The van der Waals surface area contributed by atoms with E-state index in [9.17, 15) is 9.59 Å². The van der Waals surface area contributed by atoms with E-state index in [1.165, 1.54) is 19.4 Å². The van der Waals surface area contributed by atoms with E-state index in [0.29, 0.717) is 5.56 Å². The van der Waals surface area contributed by atoms with Gasteiger partial charge in [-0.25, -0.2) is 14.2 Å². The maximum Gasteiger partial charge on any atom is 0.419 e. The highest BCUT2D eigenvalue weighted by Gasteiger charge is 2.24. The summed E-state index contributed by atoms with van der Waals surface area (Å²) in [5.74, 6) is -0.825. The third kappa shape index (κ3) is 3.84. The van der Waals surface area contributed by atoms with Crippen molar-refractivity contribution in [3.8, 4) is 0 Å². The van der Waals surface area contributed by atoms with Gasteiger partial charge in [-0.3, -0.25) is 0 Å². The number of nitrogens with zero attached hydrogens (tertiary/aromatic N) is 1. The van der Waals surface area contributed by atoms with Crippen molar-refractivity contribution in [1.29, 1.82) is 0 Å². The molecule has 6 heteroatoms. The van der Waals surface area contributed by atoms with Crippen LogP contribution in [0.1, 0.15) is 49.7 Å². The molecule has 0 aliphatic heterocycles. The van der Waals surface area contributed by atoms with Crippen molar-refractivity contribution in [2.75, 3.05) is 13.7 Å². The van der Waals surface area contributed by atoms with E-state index >= 15 is 0 Å². The van der Waals surface area contributed by atoms with Gasteiger partial charge in [-0.15, -0.1) is 0 Å². The summed E-state index contributed by atoms with van der Waals surface area (Å²) in [5.41, 5.74) is 0.0770. The number of methoxy groups -OCH3 is 1. The minimum absolute atomic E-state index is 0.0806. The Morgan fingerprint density at radius 3 is 2.45 bits per heavy atom. The molecule has 0 saturated heterocycles. The van der Waals surface area contributed by atoms with Gasteiger partial charge in [-0.05, 0) is 32.4 Å². The Morgan fingerprint density at radius 2 is 2.00 bits per heavy atom. The first-order chi connectivity index (χ1) is 9.19. The maximum atomic E-state index is 12.1. The van der Waals surface area contributed by atoms with Crippen LogP contribution in [0.2, 0.25) is 0 Å². The predicted molar refractivity (Wildman–Crippen MR) is 72.9 cm³/mol. The Balaban J connectivity index is 3.18. The number of hydrogen-bond donors (Lipinski definition) is 1. The van der Waals surface area contributed by atoms with Gasteiger partial charge in [0.05, 0.1) is 7.11 Å². The standard InChI is InChI=1S/C14H21NO5/c1-9(8-16)10-6-11(12(17)19-5)15(7-10)13(18)20-14(2,3)4/h6-7,9,16H,8H2,1-5H3. The van der Waals surface area contributed by atoms with Crippen molar-refractivity contribution >= 4 is 12.1 Å². The second kappa shape index (κ2) is 6.09. The number of hydrogen-bond acceptors (Lipinski definition) is 5. The lowest BCUT2D eigenvalue weighted by atomic mass is 10.1. The Morgan fingerprint density at radius 1 is 1.40 bits per heavy atom. The number of carbonyl (C=O) groups excluding carboxylic acids is 2. The fraction of sp³-hybridized carbons (Fsp3) is 0.571. The van der Waals surface area contributed by atoms with Crippen molar-refractivity contribution in [2.24, 2.45) is 0 Å². The Labute approximate surface area is 118 Å². The zero-order valence-electron chi connectivity index (χ0n) is 12.5. The molecule has 20 heavy (non-hydrogen) atoms. The van der Waals surface area contributed by atoms with Crippen LogP contribution in [-0.4, -0.2) is 41.1 Å². The number of rotatable bonds is 3. The normalized spacial score (nSPS) is 12.9. The summed E-state index contributed by atoms with van der Waals surface area (Å²) in [6.07, 6.45) is 0.829. The predicted octanol–water partition coefficient (Wildman–Crippen LogP) is 2.15. The molecule has 0 spiro atoms. The Kier molecular flexibility index (Phi) is 4.94. The molecule has 0 aliphatic carbocycles. The molecule has 112 valence electrons. The van der Waals surface area contributed by atoms with Crippen molar-refractivity contribution < 1.29 is 24.2 Å². The molecule has 1 N–H and O–H groups in total. The summed E-state index contributed by atoms with van der Waals surface area (Å²) >= 11 is 0. The van der Waals surface area contributed by atoms with Crippen LogP contribution in [0, 0.1) is 0 Å². The molecule has 1 atom stereocenters. The average molecular weight is 283 g/mol. The summed E-state index contributed by atoms with van der Waals surface area (Å²) < 4.78 is 11.0. The fourth-order valence-corrected chi connectivity index (χ4v) is 1.58. The Hall–Kier alpha value is -1.82. The van der Waals surface area contributed by atoms with Crippen LogP contribution in [0.5, 0.6) is 0 Å². The zero-order valence-corrected chi connectivity index (χ0v) is 12.5. The molecule has 1 heterocycles. The van der Waals surface area contributed by atoms with E-state index < -0.39 is 17.7 Å². The molecular weight excluding hydrogens is 262 g/mol. The van der Waals surface area contributed by atoms with Crippen molar-refractivity contribution in [1.82, 2.24) is 4.57 Å². The number of aliphatic hydroxyl groups is 1. The van der Waals surface area contributed by atoms with Gasteiger partial charge in [-0.2, -0.15) is 0 Å². The van der Waals surface area contributed by atoms with E-state index in [0.717, 1.165) is 4.57 Å². The van der Waals surface area contributed by atoms with Crippen molar-refractivity contribution in [2.45, 2.75) is 39.2 Å². The van der Waals surface area contributed by atoms with Gasteiger partial charge in [0.15, 0.2) is 0 Å². The third-order valence-electron chi connectivity index (χ3n) is 2.67. The van der Waals surface area contributed by atoms with Gasteiger partial charge < -0.3 is 14.6 Å². The molecule has 1 aromatic heterocycles. The highest BCUT2D eigenvalue weighted by atomic mass is 16.6. The first-order valence-corrected chi connectivity index (χ1v) is 6.34. The minimum Gasteiger partial charge on any atom is -0.464 e. The van der Waals surface area contributed by atoms with Gasteiger partial charge in [0.25, 0.3) is 0 Å². The topological polar surface area (TPSA) is 77.8 Å². The molecular formula is C14H21NO5. The average Bonchev–Trinajstić information content (AvgIpc) is 2.79. The quantitative estimate of drug-likeness (QED) is 0.860. The summed E-state index contributed by atoms with van der Waals surface area (Å²) in [5, 5.41) is 9.17. The molecule has 0 radical (unpaired) electrons. The van der Waals surface area contributed by atoms with Gasteiger partial charge in [0.1, 0.15) is 11.3 Å².